The van der Waals surface area contributed by atoms with E-state index in [1.807, 2.05) is 6.07 Å². The molecule has 2 fully saturated rings. The summed E-state index contributed by atoms with van der Waals surface area (Å²) >= 11 is 0. The Morgan fingerprint density at radius 2 is 2.04 bits per heavy atom. The molecular weight excluding hydrogens is 356 g/mol. The van der Waals surface area contributed by atoms with Gasteiger partial charge in [0, 0.05) is 38.4 Å². The van der Waals surface area contributed by atoms with Crippen LogP contribution in [0.25, 0.3) is 0 Å². The molecule has 1 aromatic heterocycles. The van der Waals surface area contributed by atoms with Gasteiger partial charge in [-0.25, -0.2) is 18.1 Å². The van der Waals surface area contributed by atoms with Crippen molar-refractivity contribution in [3.8, 4) is 0 Å². The highest BCUT2D eigenvalue weighted by Crippen LogP contribution is 2.20. The van der Waals surface area contributed by atoms with Gasteiger partial charge in [-0.3, -0.25) is 4.79 Å². The van der Waals surface area contributed by atoms with Crippen LogP contribution in [-0.4, -0.2) is 75.9 Å². The zero-order valence-corrected chi connectivity index (χ0v) is 15.9. The number of sulfonamides is 1. The molecule has 26 heavy (non-hydrogen) atoms. The van der Waals surface area contributed by atoms with E-state index in [1.165, 1.54) is 0 Å². The zero-order valence-electron chi connectivity index (χ0n) is 15.1. The number of carbonyl (C=O) groups is 1. The van der Waals surface area contributed by atoms with E-state index >= 15 is 0 Å². The van der Waals surface area contributed by atoms with Crippen molar-refractivity contribution in [2.45, 2.75) is 25.3 Å². The van der Waals surface area contributed by atoms with Gasteiger partial charge in [0.05, 0.1) is 25.0 Å². The number of hydrogen-bond donors (Lipinski definition) is 1. The van der Waals surface area contributed by atoms with Crippen LogP contribution in [0.15, 0.2) is 18.3 Å². The van der Waals surface area contributed by atoms with Gasteiger partial charge in [-0.05, 0) is 31.4 Å². The second-order valence-electron chi connectivity index (χ2n) is 6.77. The molecule has 1 unspecified atom stereocenters. The third kappa shape index (κ3) is 4.93. The lowest BCUT2D eigenvalue weighted by atomic mass is 10.0. The largest absolute Gasteiger partial charge is 0.378 e. The number of likely N-dealkylation sites (tertiary alicyclic amines) is 1. The molecule has 0 aliphatic carbocycles. The van der Waals surface area contributed by atoms with Gasteiger partial charge in [0.15, 0.2) is 0 Å². The van der Waals surface area contributed by atoms with Crippen LogP contribution in [0.3, 0.4) is 0 Å². The number of anilines is 1. The van der Waals surface area contributed by atoms with Gasteiger partial charge >= 0.3 is 0 Å². The van der Waals surface area contributed by atoms with Crippen LogP contribution in [0.5, 0.6) is 0 Å². The second-order valence-corrected chi connectivity index (χ2v) is 8.61. The van der Waals surface area contributed by atoms with E-state index in [1.54, 1.807) is 17.2 Å². The summed E-state index contributed by atoms with van der Waals surface area (Å²) in [4.78, 5) is 21.2. The first-order chi connectivity index (χ1) is 12.4. The minimum atomic E-state index is -3.27. The highest BCUT2D eigenvalue weighted by molar-refractivity contribution is 7.88. The number of amides is 1. The quantitative estimate of drug-likeness (QED) is 0.796. The van der Waals surface area contributed by atoms with Crippen molar-refractivity contribution in [1.29, 1.82) is 0 Å². The van der Waals surface area contributed by atoms with Crippen molar-refractivity contribution >= 4 is 21.7 Å². The first-order valence-electron chi connectivity index (χ1n) is 8.98. The zero-order chi connectivity index (χ0) is 18.6. The van der Waals surface area contributed by atoms with Crippen LogP contribution in [0.2, 0.25) is 0 Å². The fourth-order valence-electron chi connectivity index (χ4n) is 3.39. The molecule has 0 saturated carbocycles. The Morgan fingerprint density at radius 1 is 1.27 bits per heavy atom. The Balaban J connectivity index is 1.67. The highest BCUT2D eigenvalue weighted by atomic mass is 32.2. The summed E-state index contributed by atoms with van der Waals surface area (Å²) in [7, 11) is -3.27. The molecule has 1 amide bonds. The van der Waals surface area contributed by atoms with Crippen molar-refractivity contribution in [1.82, 2.24) is 14.6 Å². The van der Waals surface area contributed by atoms with Gasteiger partial charge in [0.2, 0.25) is 10.0 Å². The highest BCUT2D eigenvalue weighted by Gasteiger charge is 2.28. The van der Waals surface area contributed by atoms with Crippen LogP contribution in [-0.2, 0) is 14.8 Å². The molecule has 2 saturated heterocycles. The molecule has 2 aliphatic rings. The molecule has 1 atom stereocenters. The molecule has 0 spiro atoms. The number of nitrogens with one attached hydrogen (secondary N) is 1. The normalized spacial score (nSPS) is 21.7. The summed E-state index contributed by atoms with van der Waals surface area (Å²) in [6.45, 7) is 3.86. The molecule has 0 bridgehead atoms. The molecular formula is C17H26N4O4S. The van der Waals surface area contributed by atoms with Gasteiger partial charge in [-0.1, -0.05) is 0 Å². The number of aromatic nitrogens is 1. The number of carbonyl (C=O) groups excluding carboxylic acids is 1. The van der Waals surface area contributed by atoms with Crippen LogP contribution < -0.4 is 9.62 Å². The molecule has 1 aromatic rings. The van der Waals surface area contributed by atoms with Crippen molar-refractivity contribution in [2.75, 3.05) is 50.5 Å². The first kappa shape index (κ1) is 19.1. The lowest BCUT2D eigenvalue weighted by molar-refractivity contribution is 0.0618. The lowest BCUT2D eigenvalue weighted by Crippen LogP contribution is -2.49. The Bertz CT molecular complexity index is 717. The van der Waals surface area contributed by atoms with Crippen molar-refractivity contribution in [2.24, 2.45) is 0 Å². The lowest BCUT2D eigenvalue weighted by Gasteiger charge is -2.36. The molecule has 0 aromatic carbocycles. The predicted octanol–water partition coefficient (Wildman–Crippen LogP) is 0.462. The molecule has 8 nitrogen and oxygen atoms in total. The summed E-state index contributed by atoms with van der Waals surface area (Å²) in [5.74, 6) is 0.754. The summed E-state index contributed by atoms with van der Waals surface area (Å²) < 4.78 is 30.6. The smallest absolute Gasteiger partial charge is 0.255 e. The van der Waals surface area contributed by atoms with Crippen LogP contribution in [0, 0.1) is 0 Å². The maximum absolute atomic E-state index is 12.9. The standard InChI is InChI=1S/C17H26N4O4S/c1-26(23,24)19-13-15-4-2-3-7-21(15)17(22)14-5-6-16(18-12-14)20-8-10-25-11-9-20/h5-6,12,15,19H,2-4,7-11,13H2,1H3. The number of rotatable bonds is 5. The van der Waals surface area contributed by atoms with Crippen molar-refractivity contribution in [3.05, 3.63) is 23.9 Å². The molecule has 1 N–H and O–H groups in total. The van der Waals surface area contributed by atoms with Gasteiger partial charge in [-0.2, -0.15) is 0 Å². The Morgan fingerprint density at radius 3 is 2.69 bits per heavy atom. The third-order valence-electron chi connectivity index (χ3n) is 4.80. The average molecular weight is 382 g/mol. The van der Waals surface area contributed by atoms with E-state index in [9.17, 15) is 13.2 Å². The summed E-state index contributed by atoms with van der Waals surface area (Å²) in [5, 5.41) is 0. The second kappa shape index (κ2) is 8.32. The maximum Gasteiger partial charge on any atom is 0.255 e. The molecule has 9 heteroatoms. The maximum atomic E-state index is 12.9. The van der Waals surface area contributed by atoms with Crippen molar-refractivity contribution in [3.63, 3.8) is 0 Å². The van der Waals surface area contributed by atoms with E-state index in [0.29, 0.717) is 25.3 Å². The Kier molecular flexibility index (Phi) is 6.10. The summed E-state index contributed by atoms with van der Waals surface area (Å²) in [5.41, 5.74) is 0.535. The van der Waals surface area contributed by atoms with E-state index in [2.05, 4.69) is 14.6 Å². The van der Waals surface area contributed by atoms with Gasteiger partial charge in [-0.15, -0.1) is 0 Å². The fourth-order valence-corrected chi connectivity index (χ4v) is 3.88. The van der Waals surface area contributed by atoms with Crippen molar-refractivity contribution < 1.29 is 17.9 Å². The van der Waals surface area contributed by atoms with E-state index < -0.39 is 10.0 Å². The average Bonchev–Trinajstić information content (AvgIpc) is 2.66. The van der Waals surface area contributed by atoms with E-state index in [-0.39, 0.29) is 18.5 Å². The topological polar surface area (TPSA) is 91.8 Å². The first-order valence-corrected chi connectivity index (χ1v) is 10.9. The van der Waals surface area contributed by atoms with Crippen LogP contribution in [0.4, 0.5) is 5.82 Å². The van der Waals surface area contributed by atoms with E-state index in [4.69, 9.17) is 4.74 Å². The van der Waals surface area contributed by atoms with Gasteiger partial charge < -0.3 is 14.5 Å². The summed E-state index contributed by atoms with van der Waals surface area (Å²) in [6.07, 6.45) is 5.47. The number of nitrogens with zero attached hydrogens (tertiary/aromatic N) is 3. The predicted molar refractivity (Wildman–Crippen MR) is 98.8 cm³/mol. The Labute approximate surface area is 154 Å². The van der Waals surface area contributed by atoms with Gasteiger partial charge in [0.25, 0.3) is 5.91 Å². The monoisotopic (exact) mass is 382 g/mol. The number of morpholine rings is 1. The number of pyridine rings is 1. The molecule has 3 rings (SSSR count). The summed E-state index contributed by atoms with van der Waals surface area (Å²) in [6, 6.07) is 3.55. The Hall–Kier alpha value is -1.71. The SMILES string of the molecule is CS(=O)(=O)NCC1CCCCN1C(=O)c1ccc(N2CCOCC2)nc1. The molecule has 0 radical (unpaired) electrons. The van der Waals surface area contributed by atoms with E-state index in [0.717, 1.165) is 44.4 Å². The van der Waals surface area contributed by atoms with Crippen LogP contribution >= 0.6 is 0 Å². The van der Waals surface area contributed by atoms with Gasteiger partial charge in [0.1, 0.15) is 5.82 Å². The number of piperidine rings is 1. The molecule has 2 aliphatic heterocycles. The minimum absolute atomic E-state index is 0.0916. The minimum Gasteiger partial charge on any atom is -0.378 e. The third-order valence-corrected chi connectivity index (χ3v) is 5.49. The fraction of sp³-hybridized carbons (Fsp3) is 0.647. The molecule has 3 heterocycles. The number of ether oxygens (including phenoxy) is 1. The van der Waals surface area contributed by atoms with Crippen LogP contribution in [0.1, 0.15) is 29.6 Å². The number of hydrogen-bond acceptors (Lipinski definition) is 6. The molecule has 144 valence electrons.